The first-order valence-electron chi connectivity index (χ1n) is 6.00. The number of carbonyl (C=O) groups excluding carboxylic acids is 2. The lowest BCUT2D eigenvalue weighted by molar-refractivity contribution is 0.0981. The lowest BCUT2D eigenvalue weighted by Crippen LogP contribution is -2.19. The molecule has 0 atom stereocenters. The van der Waals surface area contributed by atoms with Crippen molar-refractivity contribution in [1.82, 2.24) is 0 Å². The van der Waals surface area contributed by atoms with Crippen molar-refractivity contribution in [2.75, 3.05) is 6.26 Å². The molecule has 0 fully saturated rings. The molecule has 96 valence electrons. The van der Waals surface area contributed by atoms with Crippen molar-refractivity contribution >= 4 is 34.7 Å². The Hall–Kier alpha value is -0.870. The number of fused-ring (bicyclic) bond motifs is 1. The minimum absolute atomic E-state index is 0.0251. The van der Waals surface area contributed by atoms with Crippen LogP contribution in [0.5, 0.6) is 0 Å². The quantitative estimate of drug-likeness (QED) is 0.829. The molecule has 0 unspecified atom stereocenters. The summed E-state index contributed by atoms with van der Waals surface area (Å²) in [7, 11) is 0. The Morgan fingerprint density at radius 1 is 1.28 bits per heavy atom. The second-order valence-electron chi connectivity index (χ2n) is 4.77. The van der Waals surface area contributed by atoms with E-state index in [1.54, 1.807) is 6.07 Å². The Morgan fingerprint density at radius 2 is 2.00 bits per heavy atom. The van der Waals surface area contributed by atoms with Crippen LogP contribution in [0.15, 0.2) is 21.9 Å². The van der Waals surface area contributed by atoms with E-state index in [0.29, 0.717) is 27.7 Å². The van der Waals surface area contributed by atoms with Gasteiger partial charge in [-0.2, -0.15) is 0 Å². The third-order valence-corrected chi connectivity index (χ3v) is 4.80. The van der Waals surface area contributed by atoms with Crippen molar-refractivity contribution in [3.63, 3.8) is 0 Å². The molecule has 1 aromatic heterocycles. The fraction of sp³-hybridized carbons (Fsp3) is 0.429. The van der Waals surface area contributed by atoms with E-state index >= 15 is 0 Å². The molecule has 0 bridgehead atoms. The van der Waals surface area contributed by atoms with Gasteiger partial charge in [-0.05, 0) is 36.5 Å². The molecule has 0 radical (unpaired) electrons. The zero-order valence-corrected chi connectivity index (χ0v) is 12.4. The largest absolute Gasteiger partial charge is 0.288 e. The van der Waals surface area contributed by atoms with E-state index in [4.69, 9.17) is 0 Å². The Labute approximate surface area is 115 Å². The zero-order valence-electron chi connectivity index (χ0n) is 10.8. The minimum atomic E-state index is 0.0251. The number of ketones is 2. The van der Waals surface area contributed by atoms with Gasteiger partial charge in [-0.1, -0.05) is 13.8 Å². The van der Waals surface area contributed by atoms with Crippen LogP contribution in [-0.4, -0.2) is 17.8 Å². The Balaban J connectivity index is 2.40. The van der Waals surface area contributed by atoms with Crippen LogP contribution < -0.4 is 0 Å². The summed E-state index contributed by atoms with van der Waals surface area (Å²) >= 11 is 2.77. The van der Waals surface area contributed by atoms with E-state index in [2.05, 4.69) is 13.8 Å². The van der Waals surface area contributed by atoms with Gasteiger partial charge in [0.05, 0.1) is 9.78 Å². The zero-order chi connectivity index (χ0) is 13.3. The molecule has 2 rings (SSSR count). The summed E-state index contributed by atoms with van der Waals surface area (Å²) in [6, 6.07) is 1.76. The first kappa shape index (κ1) is 13.6. The fourth-order valence-electron chi connectivity index (χ4n) is 2.04. The van der Waals surface area contributed by atoms with E-state index in [0.717, 1.165) is 12.0 Å². The van der Waals surface area contributed by atoms with Crippen LogP contribution in [0.4, 0.5) is 0 Å². The molecule has 1 aliphatic rings. The second kappa shape index (κ2) is 5.41. The van der Waals surface area contributed by atoms with Gasteiger partial charge in [-0.15, -0.1) is 23.1 Å². The predicted octanol–water partition coefficient (Wildman–Crippen LogP) is 4.18. The van der Waals surface area contributed by atoms with Crippen molar-refractivity contribution in [2.24, 2.45) is 5.92 Å². The maximum Gasteiger partial charge on any atom is 0.201 e. The van der Waals surface area contributed by atoms with Crippen LogP contribution in [0.2, 0.25) is 0 Å². The minimum Gasteiger partial charge on any atom is -0.288 e. The molecule has 1 aromatic rings. The number of thiophene rings is 1. The molecule has 1 aliphatic carbocycles. The van der Waals surface area contributed by atoms with Crippen LogP contribution in [0.1, 0.15) is 46.7 Å². The van der Waals surface area contributed by atoms with Gasteiger partial charge < -0.3 is 0 Å². The van der Waals surface area contributed by atoms with E-state index in [-0.39, 0.29) is 11.6 Å². The molecular weight excluding hydrogens is 264 g/mol. The summed E-state index contributed by atoms with van der Waals surface area (Å²) in [5.74, 6) is 0.620. The Morgan fingerprint density at radius 3 is 2.61 bits per heavy atom. The third kappa shape index (κ3) is 2.31. The number of hydrogen-bond donors (Lipinski definition) is 0. The lowest BCUT2D eigenvalue weighted by atomic mass is 9.91. The number of thioether (sulfide) groups is 1. The lowest BCUT2D eigenvalue weighted by Gasteiger charge is -2.17. The SMILES string of the molecule is CSC1=C(CCC(C)C)C(=O)c2sccc2C1=O. The molecule has 18 heavy (non-hydrogen) atoms. The summed E-state index contributed by atoms with van der Waals surface area (Å²) in [5.41, 5.74) is 1.30. The van der Waals surface area contributed by atoms with Gasteiger partial charge in [0, 0.05) is 11.1 Å². The van der Waals surface area contributed by atoms with Crippen molar-refractivity contribution in [3.05, 3.63) is 32.4 Å². The van der Waals surface area contributed by atoms with Crippen molar-refractivity contribution in [3.8, 4) is 0 Å². The number of Topliss-reactive ketones (excluding diaryl/α,β-unsaturated/α-hetero) is 2. The highest BCUT2D eigenvalue weighted by molar-refractivity contribution is 8.03. The molecule has 0 N–H and O–H groups in total. The summed E-state index contributed by atoms with van der Waals surface area (Å²) in [4.78, 5) is 25.9. The standard InChI is InChI=1S/C14H16O2S2/c1-8(2)4-5-9-12(16)14-10(6-7-18-14)11(15)13(9)17-3/h6-8H,4-5H2,1-3H3. The molecule has 4 heteroatoms. The topological polar surface area (TPSA) is 34.1 Å². The number of hydrogen-bond acceptors (Lipinski definition) is 4. The monoisotopic (exact) mass is 280 g/mol. The Bertz CT molecular complexity index is 524. The maximum atomic E-state index is 12.4. The molecule has 1 heterocycles. The molecule has 0 saturated heterocycles. The normalized spacial score (nSPS) is 15.6. The second-order valence-corrected chi connectivity index (χ2v) is 6.50. The van der Waals surface area contributed by atoms with Gasteiger partial charge in [0.25, 0.3) is 0 Å². The molecule has 0 saturated carbocycles. The number of rotatable bonds is 4. The smallest absolute Gasteiger partial charge is 0.201 e. The highest BCUT2D eigenvalue weighted by Crippen LogP contribution is 2.36. The molecule has 0 aliphatic heterocycles. The van der Waals surface area contributed by atoms with Gasteiger partial charge in [0.15, 0.2) is 0 Å². The van der Waals surface area contributed by atoms with Crippen LogP contribution >= 0.6 is 23.1 Å². The first-order valence-corrected chi connectivity index (χ1v) is 8.10. The van der Waals surface area contributed by atoms with Gasteiger partial charge in [-0.25, -0.2) is 0 Å². The third-order valence-electron chi connectivity index (χ3n) is 3.05. The molecular formula is C14H16O2S2. The highest BCUT2D eigenvalue weighted by atomic mass is 32.2. The van der Waals surface area contributed by atoms with Crippen LogP contribution in [0, 0.1) is 5.92 Å². The molecule has 0 aromatic carbocycles. The van der Waals surface area contributed by atoms with Crippen LogP contribution in [-0.2, 0) is 0 Å². The molecule has 0 spiro atoms. The van der Waals surface area contributed by atoms with Crippen LogP contribution in [0.3, 0.4) is 0 Å². The molecule has 2 nitrogen and oxygen atoms in total. The maximum absolute atomic E-state index is 12.4. The average molecular weight is 280 g/mol. The van der Waals surface area contributed by atoms with Gasteiger partial charge >= 0.3 is 0 Å². The summed E-state index contributed by atoms with van der Waals surface area (Å²) in [5, 5.41) is 1.82. The van der Waals surface area contributed by atoms with Gasteiger partial charge in [0.2, 0.25) is 11.6 Å². The van der Waals surface area contributed by atoms with Crippen LogP contribution in [0.25, 0.3) is 0 Å². The predicted molar refractivity (Wildman–Crippen MR) is 77.6 cm³/mol. The first-order chi connectivity index (χ1) is 8.56. The van der Waals surface area contributed by atoms with Crippen molar-refractivity contribution in [2.45, 2.75) is 26.7 Å². The summed E-state index contributed by atoms with van der Waals surface area (Å²) < 4.78 is 0. The number of allylic oxidation sites excluding steroid dienone is 2. The fourth-order valence-corrected chi connectivity index (χ4v) is 3.63. The van der Waals surface area contributed by atoms with E-state index in [9.17, 15) is 9.59 Å². The van der Waals surface area contributed by atoms with Gasteiger partial charge in [0.1, 0.15) is 0 Å². The number of carbonyl (C=O) groups is 2. The summed E-state index contributed by atoms with van der Waals surface area (Å²) in [6.45, 7) is 4.26. The highest BCUT2D eigenvalue weighted by Gasteiger charge is 2.32. The average Bonchev–Trinajstić information content (AvgIpc) is 2.81. The van der Waals surface area contributed by atoms with E-state index in [1.807, 2.05) is 11.6 Å². The summed E-state index contributed by atoms with van der Waals surface area (Å²) in [6.07, 6.45) is 3.52. The van der Waals surface area contributed by atoms with E-state index in [1.165, 1.54) is 23.1 Å². The van der Waals surface area contributed by atoms with Crippen molar-refractivity contribution < 1.29 is 9.59 Å². The van der Waals surface area contributed by atoms with E-state index < -0.39 is 0 Å². The molecule has 0 amide bonds. The van der Waals surface area contributed by atoms with Crippen molar-refractivity contribution in [1.29, 1.82) is 0 Å². The Kier molecular flexibility index (Phi) is 4.07. The van der Waals surface area contributed by atoms with Gasteiger partial charge in [-0.3, -0.25) is 9.59 Å².